The van der Waals surface area contributed by atoms with Crippen LogP contribution in [0.25, 0.3) is 0 Å². The molecule has 0 aliphatic heterocycles. The van der Waals surface area contributed by atoms with Crippen molar-refractivity contribution in [2.24, 2.45) is 4.99 Å². The van der Waals surface area contributed by atoms with E-state index >= 15 is 0 Å². The van der Waals surface area contributed by atoms with Crippen LogP contribution in [-0.4, -0.2) is 17.3 Å². The van der Waals surface area contributed by atoms with Crippen LogP contribution in [0.5, 0.6) is 0 Å². The van der Waals surface area contributed by atoms with E-state index in [2.05, 4.69) is 4.99 Å². The van der Waals surface area contributed by atoms with Crippen molar-refractivity contribution in [3.8, 4) is 0 Å². The van der Waals surface area contributed by atoms with Crippen molar-refractivity contribution in [3.05, 3.63) is 65.7 Å². The van der Waals surface area contributed by atoms with Gasteiger partial charge in [0.2, 0.25) is 0 Å². The first-order chi connectivity index (χ1) is 8.75. The molecule has 0 saturated heterocycles. The SMILES string of the molecule is O=C(O)c1ccc(N=CCc2ccccc2)cc1. The molecule has 0 radical (unpaired) electrons. The van der Waals surface area contributed by atoms with Crippen molar-refractivity contribution in [2.45, 2.75) is 6.42 Å². The molecule has 2 rings (SSSR count). The van der Waals surface area contributed by atoms with Gasteiger partial charge < -0.3 is 5.11 Å². The summed E-state index contributed by atoms with van der Waals surface area (Å²) in [6, 6.07) is 16.5. The lowest BCUT2D eigenvalue weighted by atomic mass is 10.2. The molecule has 2 aromatic rings. The maximum absolute atomic E-state index is 10.7. The third kappa shape index (κ3) is 3.28. The van der Waals surface area contributed by atoms with E-state index < -0.39 is 5.97 Å². The van der Waals surface area contributed by atoms with Crippen molar-refractivity contribution in [1.29, 1.82) is 0 Å². The molecule has 0 atom stereocenters. The smallest absolute Gasteiger partial charge is 0.335 e. The van der Waals surface area contributed by atoms with Crippen LogP contribution in [0.2, 0.25) is 0 Å². The molecule has 0 aliphatic rings. The molecule has 3 heteroatoms. The number of nitrogens with zero attached hydrogens (tertiary/aromatic N) is 1. The van der Waals surface area contributed by atoms with Gasteiger partial charge in [-0.1, -0.05) is 30.3 Å². The largest absolute Gasteiger partial charge is 0.478 e. The Kier molecular flexibility index (Phi) is 3.86. The van der Waals surface area contributed by atoms with Gasteiger partial charge in [0.15, 0.2) is 0 Å². The van der Waals surface area contributed by atoms with Crippen LogP contribution >= 0.6 is 0 Å². The molecule has 0 heterocycles. The van der Waals surface area contributed by atoms with Gasteiger partial charge in [0.05, 0.1) is 11.3 Å². The Labute approximate surface area is 105 Å². The minimum absolute atomic E-state index is 0.275. The molecule has 2 aromatic carbocycles. The molecule has 0 saturated carbocycles. The Balaban J connectivity index is 1.99. The van der Waals surface area contributed by atoms with E-state index in [9.17, 15) is 4.79 Å². The van der Waals surface area contributed by atoms with E-state index in [1.807, 2.05) is 36.5 Å². The van der Waals surface area contributed by atoms with Crippen molar-refractivity contribution >= 4 is 17.9 Å². The highest BCUT2D eigenvalue weighted by atomic mass is 16.4. The van der Waals surface area contributed by atoms with E-state index in [4.69, 9.17) is 5.11 Å². The highest BCUT2D eigenvalue weighted by Gasteiger charge is 2.00. The monoisotopic (exact) mass is 239 g/mol. The van der Waals surface area contributed by atoms with E-state index in [1.165, 1.54) is 5.56 Å². The molecule has 0 fully saturated rings. The Hall–Kier alpha value is -2.42. The van der Waals surface area contributed by atoms with Crippen LogP contribution in [0, 0.1) is 0 Å². The van der Waals surface area contributed by atoms with Crippen LogP contribution < -0.4 is 0 Å². The highest BCUT2D eigenvalue weighted by Crippen LogP contribution is 2.12. The number of hydrogen-bond acceptors (Lipinski definition) is 2. The van der Waals surface area contributed by atoms with Crippen LogP contribution in [0.15, 0.2) is 59.6 Å². The predicted octanol–water partition coefficient (Wildman–Crippen LogP) is 3.33. The number of benzene rings is 2. The summed E-state index contributed by atoms with van der Waals surface area (Å²) in [6.07, 6.45) is 2.59. The molecular weight excluding hydrogens is 226 g/mol. The van der Waals surface area contributed by atoms with Crippen LogP contribution in [0.3, 0.4) is 0 Å². The van der Waals surface area contributed by atoms with Gasteiger partial charge in [-0.25, -0.2) is 4.79 Å². The second-order valence-electron chi connectivity index (χ2n) is 3.85. The summed E-state index contributed by atoms with van der Waals surface area (Å²) in [5.41, 5.74) is 2.23. The molecule has 0 bridgehead atoms. The third-order valence-electron chi connectivity index (χ3n) is 2.52. The fraction of sp³-hybridized carbons (Fsp3) is 0.0667. The van der Waals surface area contributed by atoms with Gasteiger partial charge in [-0.3, -0.25) is 4.99 Å². The maximum Gasteiger partial charge on any atom is 0.335 e. The number of rotatable bonds is 4. The maximum atomic E-state index is 10.7. The second-order valence-corrected chi connectivity index (χ2v) is 3.85. The topological polar surface area (TPSA) is 49.7 Å². The van der Waals surface area contributed by atoms with Gasteiger partial charge in [0.1, 0.15) is 0 Å². The normalized spacial score (nSPS) is 10.7. The minimum Gasteiger partial charge on any atom is -0.478 e. The van der Waals surface area contributed by atoms with Gasteiger partial charge in [-0.2, -0.15) is 0 Å². The number of carboxylic acids is 1. The van der Waals surface area contributed by atoms with Crippen molar-refractivity contribution in [2.75, 3.05) is 0 Å². The van der Waals surface area contributed by atoms with Crippen LogP contribution in [0.1, 0.15) is 15.9 Å². The number of carboxylic acid groups (broad SMARTS) is 1. The lowest BCUT2D eigenvalue weighted by molar-refractivity contribution is 0.0697. The van der Waals surface area contributed by atoms with Gasteiger partial charge in [-0.05, 0) is 29.8 Å². The highest BCUT2D eigenvalue weighted by molar-refractivity contribution is 5.88. The average Bonchev–Trinajstić information content (AvgIpc) is 2.40. The Morgan fingerprint density at radius 3 is 2.33 bits per heavy atom. The van der Waals surface area contributed by atoms with E-state index in [0.717, 1.165) is 12.1 Å². The van der Waals surface area contributed by atoms with Crippen LogP contribution in [-0.2, 0) is 6.42 Å². The van der Waals surface area contributed by atoms with E-state index in [0.29, 0.717) is 0 Å². The van der Waals surface area contributed by atoms with E-state index in [1.54, 1.807) is 24.3 Å². The molecule has 0 amide bonds. The van der Waals surface area contributed by atoms with Gasteiger partial charge in [0, 0.05) is 12.6 Å². The Bertz CT molecular complexity index is 544. The fourth-order valence-corrected chi connectivity index (χ4v) is 1.56. The zero-order chi connectivity index (χ0) is 12.8. The molecule has 0 aromatic heterocycles. The summed E-state index contributed by atoms with van der Waals surface area (Å²) in [5.74, 6) is -0.921. The van der Waals surface area contributed by atoms with Crippen molar-refractivity contribution in [3.63, 3.8) is 0 Å². The molecule has 18 heavy (non-hydrogen) atoms. The Morgan fingerprint density at radius 1 is 1.06 bits per heavy atom. The first kappa shape index (κ1) is 12.0. The van der Waals surface area contributed by atoms with Crippen molar-refractivity contribution < 1.29 is 9.90 Å². The fourth-order valence-electron chi connectivity index (χ4n) is 1.56. The Morgan fingerprint density at radius 2 is 1.72 bits per heavy atom. The second kappa shape index (κ2) is 5.77. The summed E-state index contributed by atoms with van der Waals surface area (Å²) in [7, 11) is 0. The molecule has 0 aliphatic carbocycles. The third-order valence-corrected chi connectivity index (χ3v) is 2.52. The van der Waals surface area contributed by atoms with E-state index in [-0.39, 0.29) is 5.56 Å². The summed E-state index contributed by atoms with van der Waals surface area (Å²) >= 11 is 0. The van der Waals surface area contributed by atoms with Crippen LogP contribution in [0.4, 0.5) is 5.69 Å². The van der Waals surface area contributed by atoms with Crippen molar-refractivity contribution in [1.82, 2.24) is 0 Å². The zero-order valence-corrected chi connectivity index (χ0v) is 9.78. The first-order valence-electron chi connectivity index (χ1n) is 5.65. The molecule has 1 N–H and O–H groups in total. The summed E-state index contributed by atoms with van der Waals surface area (Å²) in [4.78, 5) is 15.0. The molecule has 0 spiro atoms. The number of aliphatic imine (C=N–C) groups is 1. The quantitative estimate of drug-likeness (QED) is 0.832. The van der Waals surface area contributed by atoms with Gasteiger partial charge in [0.25, 0.3) is 0 Å². The zero-order valence-electron chi connectivity index (χ0n) is 9.78. The lowest BCUT2D eigenvalue weighted by Crippen LogP contribution is -1.94. The summed E-state index contributed by atoms with van der Waals surface area (Å²) in [5, 5.41) is 8.76. The predicted molar refractivity (Wildman–Crippen MR) is 71.7 cm³/mol. The average molecular weight is 239 g/mol. The lowest BCUT2D eigenvalue weighted by Gasteiger charge is -1.96. The molecular formula is C15H13NO2. The minimum atomic E-state index is -0.921. The standard InChI is InChI=1S/C15H13NO2/c17-15(18)13-6-8-14(9-7-13)16-11-10-12-4-2-1-3-5-12/h1-9,11H,10H2,(H,17,18). The number of hydrogen-bond donors (Lipinski definition) is 1. The molecule has 90 valence electrons. The summed E-state index contributed by atoms with van der Waals surface area (Å²) in [6.45, 7) is 0. The first-order valence-corrected chi connectivity index (χ1v) is 5.65. The molecule has 0 unspecified atom stereocenters. The summed E-state index contributed by atoms with van der Waals surface area (Å²) < 4.78 is 0. The van der Waals surface area contributed by atoms with Gasteiger partial charge >= 0.3 is 5.97 Å². The molecule has 3 nitrogen and oxygen atoms in total. The van der Waals surface area contributed by atoms with Gasteiger partial charge in [-0.15, -0.1) is 0 Å². The number of aromatic carboxylic acids is 1. The number of carbonyl (C=O) groups is 1.